The second-order valence-electron chi connectivity index (χ2n) is 5.57. The van der Waals surface area contributed by atoms with Gasteiger partial charge in [0.25, 0.3) is 5.91 Å². The van der Waals surface area contributed by atoms with Gasteiger partial charge in [-0.3, -0.25) is 9.89 Å². The van der Waals surface area contributed by atoms with Gasteiger partial charge in [0.05, 0.1) is 18.8 Å². The molecule has 0 radical (unpaired) electrons. The number of carbonyl (C=O) groups excluding carboxylic acids is 1. The van der Waals surface area contributed by atoms with E-state index in [4.69, 9.17) is 9.47 Å². The standard InChI is InChI=1S/C16H20N4O3/c1-22-9-13-7-14(23-2)8-20(13)16(21)12-5-3-11(4-6-12)15-17-10-18-19-15/h3-6,10,13-14H,7-9H2,1-2H3,(H,17,18,19)/t13-,14-/m0/s1. The Bertz CT molecular complexity index is 642. The molecular weight excluding hydrogens is 296 g/mol. The van der Waals surface area contributed by atoms with E-state index >= 15 is 0 Å². The average molecular weight is 316 g/mol. The summed E-state index contributed by atoms with van der Waals surface area (Å²) < 4.78 is 10.6. The summed E-state index contributed by atoms with van der Waals surface area (Å²) in [5.41, 5.74) is 1.54. The molecule has 1 aromatic carbocycles. The Labute approximate surface area is 134 Å². The van der Waals surface area contributed by atoms with Crippen LogP contribution in [0.4, 0.5) is 0 Å². The highest BCUT2D eigenvalue weighted by molar-refractivity contribution is 5.95. The fraction of sp³-hybridized carbons (Fsp3) is 0.438. The van der Waals surface area contributed by atoms with Crippen molar-refractivity contribution in [2.24, 2.45) is 0 Å². The highest BCUT2D eigenvalue weighted by Gasteiger charge is 2.35. The Balaban J connectivity index is 1.76. The number of H-pyrrole nitrogens is 1. The molecule has 1 aliphatic heterocycles. The maximum Gasteiger partial charge on any atom is 0.254 e. The van der Waals surface area contributed by atoms with E-state index in [0.29, 0.717) is 24.5 Å². The van der Waals surface area contributed by atoms with E-state index in [2.05, 4.69) is 15.2 Å². The lowest BCUT2D eigenvalue weighted by atomic mass is 10.1. The molecule has 1 saturated heterocycles. The molecule has 0 spiro atoms. The first kappa shape index (κ1) is 15.6. The minimum absolute atomic E-state index is 0.00396. The number of nitrogens with zero attached hydrogens (tertiary/aromatic N) is 3. The monoisotopic (exact) mass is 316 g/mol. The summed E-state index contributed by atoms with van der Waals surface area (Å²) in [7, 11) is 3.32. The number of rotatable bonds is 5. The van der Waals surface area contributed by atoms with E-state index < -0.39 is 0 Å². The van der Waals surface area contributed by atoms with E-state index in [-0.39, 0.29) is 18.1 Å². The molecule has 3 rings (SSSR count). The van der Waals surface area contributed by atoms with Crippen molar-refractivity contribution < 1.29 is 14.3 Å². The third-order valence-corrected chi connectivity index (χ3v) is 4.15. The van der Waals surface area contributed by atoms with Crippen LogP contribution in [0.2, 0.25) is 0 Å². The summed E-state index contributed by atoms with van der Waals surface area (Å²) >= 11 is 0. The molecule has 0 unspecified atom stereocenters. The second-order valence-corrected chi connectivity index (χ2v) is 5.57. The third-order valence-electron chi connectivity index (χ3n) is 4.15. The zero-order valence-electron chi connectivity index (χ0n) is 13.2. The molecule has 2 aromatic rings. The molecule has 1 amide bonds. The van der Waals surface area contributed by atoms with Crippen LogP contribution in [0.25, 0.3) is 11.4 Å². The largest absolute Gasteiger partial charge is 0.383 e. The lowest BCUT2D eigenvalue weighted by molar-refractivity contribution is 0.0612. The smallest absolute Gasteiger partial charge is 0.254 e. The minimum Gasteiger partial charge on any atom is -0.383 e. The van der Waals surface area contributed by atoms with Gasteiger partial charge in [0.1, 0.15) is 6.33 Å². The van der Waals surface area contributed by atoms with Gasteiger partial charge < -0.3 is 14.4 Å². The molecule has 23 heavy (non-hydrogen) atoms. The normalized spacial score (nSPS) is 20.9. The molecule has 0 aliphatic carbocycles. The van der Waals surface area contributed by atoms with Crippen LogP contribution in [0, 0.1) is 0 Å². The summed E-state index contributed by atoms with van der Waals surface area (Å²) in [5, 5.41) is 6.63. The Hall–Kier alpha value is -2.25. The lowest BCUT2D eigenvalue weighted by Gasteiger charge is -2.23. The fourth-order valence-electron chi connectivity index (χ4n) is 2.92. The van der Waals surface area contributed by atoms with Crippen LogP contribution in [0.3, 0.4) is 0 Å². The summed E-state index contributed by atoms with van der Waals surface area (Å²) in [6.45, 7) is 1.11. The quantitative estimate of drug-likeness (QED) is 0.900. The van der Waals surface area contributed by atoms with Gasteiger partial charge >= 0.3 is 0 Å². The van der Waals surface area contributed by atoms with Crippen LogP contribution in [0.1, 0.15) is 16.8 Å². The van der Waals surface area contributed by atoms with E-state index in [1.165, 1.54) is 6.33 Å². The molecule has 1 aliphatic rings. The number of carbonyl (C=O) groups is 1. The van der Waals surface area contributed by atoms with Gasteiger partial charge in [-0.15, -0.1) is 0 Å². The summed E-state index contributed by atoms with van der Waals surface area (Å²) in [6.07, 6.45) is 2.32. The van der Waals surface area contributed by atoms with Crippen molar-refractivity contribution in [2.45, 2.75) is 18.6 Å². The molecular formula is C16H20N4O3. The summed E-state index contributed by atoms with van der Waals surface area (Å²) in [6, 6.07) is 7.40. The third kappa shape index (κ3) is 3.25. The van der Waals surface area contributed by atoms with Crippen molar-refractivity contribution in [1.82, 2.24) is 20.1 Å². The van der Waals surface area contributed by atoms with Crippen molar-refractivity contribution in [2.75, 3.05) is 27.4 Å². The van der Waals surface area contributed by atoms with Gasteiger partial charge in [-0.1, -0.05) is 12.1 Å². The van der Waals surface area contributed by atoms with Crippen LogP contribution >= 0.6 is 0 Å². The number of aromatic nitrogens is 3. The number of aromatic amines is 1. The maximum atomic E-state index is 12.8. The zero-order valence-corrected chi connectivity index (χ0v) is 13.2. The number of benzene rings is 1. The number of hydrogen-bond donors (Lipinski definition) is 1. The zero-order chi connectivity index (χ0) is 16.2. The van der Waals surface area contributed by atoms with E-state index in [0.717, 1.165) is 12.0 Å². The first-order valence-electron chi connectivity index (χ1n) is 7.51. The van der Waals surface area contributed by atoms with Crippen LogP contribution < -0.4 is 0 Å². The van der Waals surface area contributed by atoms with Crippen molar-refractivity contribution >= 4 is 5.91 Å². The topological polar surface area (TPSA) is 80.3 Å². The van der Waals surface area contributed by atoms with Crippen LogP contribution in [-0.4, -0.2) is 65.5 Å². The van der Waals surface area contributed by atoms with Gasteiger partial charge in [0.2, 0.25) is 0 Å². The molecule has 122 valence electrons. The Morgan fingerprint density at radius 3 is 2.74 bits per heavy atom. The molecule has 0 saturated carbocycles. The number of nitrogens with one attached hydrogen (secondary N) is 1. The minimum atomic E-state index is -0.00396. The van der Waals surface area contributed by atoms with Crippen LogP contribution in [0.15, 0.2) is 30.6 Å². The van der Waals surface area contributed by atoms with E-state index in [1.807, 2.05) is 29.2 Å². The summed E-state index contributed by atoms with van der Waals surface area (Å²) in [5.74, 6) is 0.678. The molecule has 0 bridgehead atoms. The average Bonchev–Trinajstić information content (AvgIpc) is 3.24. The molecule has 7 heteroatoms. The van der Waals surface area contributed by atoms with Gasteiger partial charge in [0, 0.05) is 31.9 Å². The number of likely N-dealkylation sites (tertiary alicyclic amines) is 1. The fourth-order valence-corrected chi connectivity index (χ4v) is 2.92. The highest BCUT2D eigenvalue weighted by Crippen LogP contribution is 2.23. The SMILES string of the molecule is COC[C@@H]1C[C@H](OC)CN1C(=O)c1ccc(-c2ncn[nH]2)cc1. The van der Waals surface area contributed by atoms with Crippen molar-refractivity contribution in [3.05, 3.63) is 36.2 Å². The van der Waals surface area contributed by atoms with Gasteiger partial charge in [-0.25, -0.2) is 4.98 Å². The number of hydrogen-bond acceptors (Lipinski definition) is 5. The first-order chi connectivity index (χ1) is 11.2. The number of ether oxygens (including phenoxy) is 2. The van der Waals surface area contributed by atoms with Crippen molar-refractivity contribution in [1.29, 1.82) is 0 Å². The highest BCUT2D eigenvalue weighted by atomic mass is 16.5. The van der Waals surface area contributed by atoms with E-state index in [1.54, 1.807) is 14.2 Å². The molecule has 1 aromatic heterocycles. The van der Waals surface area contributed by atoms with Crippen LogP contribution in [0.5, 0.6) is 0 Å². The van der Waals surface area contributed by atoms with E-state index in [9.17, 15) is 4.79 Å². The van der Waals surface area contributed by atoms with Gasteiger partial charge in [0.15, 0.2) is 5.82 Å². The van der Waals surface area contributed by atoms with Crippen molar-refractivity contribution in [3.63, 3.8) is 0 Å². The van der Waals surface area contributed by atoms with Crippen molar-refractivity contribution in [3.8, 4) is 11.4 Å². The molecule has 2 atom stereocenters. The predicted octanol–water partition coefficient (Wildman–Crippen LogP) is 1.35. The Kier molecular flexibility index (Phi) is 4.68. The number of methoxy groups -OCH3 is 2. The Morgan fingerprint density at radius 2 is 2.13 bits per heavy atom. The van der Waals surface area contributed by atoms with Crippen LogP contribution in [-0.2, 0) is 9.47 Å². The lowest BCUT2D eigenvalue weighted by Crippen LogP contribution is -2.38. The molecule has 1 N–H and O–H groups in total. The maximum absolute atomic E-state index is 12.8. The molecule has 1 fully saturated rings. The number of amides is 1. The molecule has 7 nitrogen and oxygen atoms in total. The first-order valence-corrected chi connectivity index (χ1v) is 7.51. The summed E-state index contributed by atoms with van der Waals surface area (Å²) in [4.78, 5) is 18.7. The van der Waals surface area contributed by atoms with Gasteiger partial charge in [-0.2, -0.15) is 5.10 Å². The second kappa shape index (κ2) is 6.89. The molecule has 2 heterocycles. The predicted molar refractivity (Wildman–Crippen MR) is 83.9 cm³/mol. The Morgan fingerprint density at radius 1 is 1.35 bits per heavy atom. The van der Waals surface area contributed by atoms with Gasteiger partial charge in [-0.05, 0) is 18.6 Å².